The summed E-state index contributed by atoms with van der Waals surface area (Å²) in [5.74, 6) is 0.949. The average molecular weight is 413 g/mol. The van der Waals surface area contributed by atoms with Crippen molar-refractivity contribution in [3.05, 3.63) is 66.7 Å². The highest BCUT2D eigenvalue weighted by atomic mass is 16.2. The molecule has 4 heteroatoms. The molecular weight excluding hydrogens is 384 g/mol. The summed E-state index contributed by atoms with van der Waals surface area (Å²) in [5.41, 5.74) is 3.21. The number of amides is 2. The van der Waals surface area contributed by atoms with E-state index in [0.717, 1.165) is 43.6 Å². The zero-order chi connectivity index (χ0) is 21.4. The Labute approximate surface area is 183 Å². The van der Waals surface area contributed by atoms with Crippen LogP contribution in [0.3, 0.4) is 0 Å². The fourth-order valence-electron chi connectivity index (χ4n) is 4.56. The Kier molecular flexibility index (Phi) is 5.23. The first-order valence-corrected chi connectivity index (χ1v) is 11.2. The minimum atomic E-state index is 0.115. The fraction of sp³-hybridized carbons (Fsp3) is 0.333. The van der Waals surface area contributed by atoms with Crippen LogP contribution in [0, 0.1) is 11.8 Å². The van der Waals surface area contributed by atoms with Gasteiger partial charge in [0, 0.05) is 38.2 Å². The Morgan fingerprint density at radius 1 is 0.903 bits per heavy atom. The van der Waals surface area contributed by atoms with Gasteiger partial charge in [-0.25, -0.2) is 0 Å². The summed E-state index contributed by atoms with van der Waals surface area (Å²) in [4.78, 5) is 28.8. The Morgan fingerprint density at radius 2 is 1.61 bits per heavy atom. The lowest BCUT2D eigenvalue weighted by molar-refractivity contribution is -0.131. The van der Waals surface area contributed by atoms with E-state index in [0.29, 0.717) is 12.3 Å². The summed E-state index contributed by atoms with van der Waals surface area (Å²) in [6.45, 7) is 1.53. The molecule has 0 unspecified atom stereocenters. The van der Waals surface area contributed by atoms with E-state index in [1.54, 1.807) is 4.90 Å². The van der Waals surface area contributed by atoms with Crippen molar-refractivity contribution < 1.29 is 9.59 Å². The molecule has 2 aliphatic rings. The summed E-state index contributed by atoms with van der Waals surface area (Å²) in [7, 11) is 1.84. The molecule has 1 saturated heterocycles. The molecule has 2 amide bonds. The van der Waals surface area contributed by atoms with Crippen LogP contribution in [0.2, 0.25) is 0 Å². The quantitative estimate of drug-likeness (QED) is 0.584. The maximum absolute atomic E-state index is 12.8. The fourth-order valence-corrected chi connectivity index (χ4v) is 4.56. The predicted octanol–water partition coefficient (Wildman–Crippen LogP) is 5.12. The zero-order valence-corrected chi connectivity index (χ0v) is 18.0. The van der Waals surface area contributed by atoms with Gasteiger partial charge < -0.3 is 9.80 Å². The number of nitrogens with zero attached hydrogens (tertiary/aromatic N) is 2. The molecule has 0 radical (unpaired) electrons. The molecule has 5 rings (SSSR count). The summed E-state index contributed by atoms with van der Waals surface area (Å²) in [6, 6.07) is 23.0. The van der Waals surface area contributed by atoms with E-state index in [1.807, 2.05) is 24.1 Å². The molecule has 1 aliphatic carbocycles. The molecule has 0 spiro atoms. The summed E-state index contributed by atoms with van der Waals surface area (Å²) in [5, 5.41) is 2.46. The van der Waals surface area contributed by atoms with E-state index in [2.05, 4.69) is 54.6 Å². The Bertz CT molecular complexity index is 1120. The van der Waals surface area contributed by atoms with E-state index in [1.165, 1.54) is 16.3 Å². The van der Waals surface area contributed by atoms with Crippen molar-refractivity contribution in [3.63, 3.8) is 0 Å². The van der Waals surface area contributed by atoms with E-state index in [9.17, 15) is 9.59 Å². The van der Waals surface area contributed by atoms with Gasteiger partial charge in [0.2, 0.25) is 11.8 Å². The van der Waals surface area contributed by atoms with Crippen LogP contribution < -0.4 is 4.90 Å². The number of benzene rings is 3. The van der Waals surface area contributed by atoms with Gasteiger partial charge >= 0.3 is 0 Å². The maximum Gasteiger partial charge on any atom is 0.227 e. The van der Waals surface area contributed by atoms with Crippen molar-refractivity contribution in [1.82, 2.24) is 4.90 Å². The third-order valence-corrected chi connectivity index (χ3v) is 6.70. The lowest BCUT2D eigenvalue weighted by atomic mass is 10.0. The van der Waals surface area contributed by atoms with Gasteiger partial charge in [0.25, 0.3) is 0 Å². The Morgan fingerprint density at radius 3 is 2.35 bits per heavy atom. The first-order valence-electron chi connectivity index (χ1n) is 11.2. The van der Waals surface area contributed by atoms with Gasteiger partial charge in [0.05, 0.1) is 0 Å². The molecule has 0 aromatic heterocycles. The number of rotatable bonds is 5. The molecule has 2 fully saturated rings. The van der Waals surface area contributed by atoms with Crippen LogP contribution in [-0.2, 0) is 9.59 Å². The van der Waals surface area contributed by atoms with E-state index < -0.39 is 0 Å². The predicted molar refractivity (Wildman–Crippen MR) is 125 cm³/mol. The molecule has 31 heavy (non-hydrogen) atoms. The molecule has 4 nitrogen and oxygen atoms in total. The molecular formula is C27H28N2O2. The largest absolute Gasteiger partial charge is 0.342 e. The van der Waals surface area contributed by atoms with Crippen molar-refractivity contribution in [1.29, 1.82) is 0 Å². The maximum atomic E-state index is 12.8. The summed E-state index contributed by atoms with van der Waals surface area (Å²) < 4.78 is 0. The number of hydrogen-bond acceptors (Lipinski definition) is 2. The first-order chi connectivity index (χ1) is 15.1. The van der Waals surface area contributed by atoms with Crippen molar-refractivity contribution >= 4 is 28.3 Å². The standard InChI is InChI=1S/C27H28N2O2/c1-28(26(30)16-19-14-15-29(18-19)27(31)22-7-8-22)25-12-10-21(11-13-25)24-9-6-20-4-2-3-5-23(20)17-24/h2-6,9-13,17,19,22H,7-8,14-16,18H2,1H3/t19-/m0/s1. The monoisotopic (exact) mass is 412 g/mol. The second kappa shape index (κ2) is 8.18. The SMILES string of the molecule is CN(C(=O)C[C@@H]1CCN(C(=O)C2CC2)C1)c1ccc(-c2ccc3ccccc3c2)cc1. The summed E-state index contributed by atoms with van der Waals surface area (Å²) in [6.07, 6.45) is 3.50. The third-order valence-electron chi connectivity index (χ3n) is 6.70. The molecule has 158 valence electrons. The average Bonchev–Trinajstić information content (AvgIpc) is 3.56. The number of likely N-dealkylation sites (tertiary alicyclic amines) is 1. The van der Waals surface area contributed by atoms with Gasteiger partial charge in [0.1, 0.15) is 0 Å². The van der Waals surface area contributed by atoms with Crippen LogP contribution in [-0.4, -0.2) is 36.9 Å². The topological polar surface area (TPSA) is 40.6 Å². The van der Waals surface area contributed by atoms with Crippen LogP contribution in [0.15, 0.2) is 66.7 Å². The van der Waals surface area contributed by atoms with Gasteiger partial charge in [-0.15, -0.1) is 0 Å². The highest BCUT2D eigenvalue weighted by Crippen LogP contribution is 2.33. The Hall–Kier alpha value is -3.14. The molecule has 3 aromatic carbocycles. The third kappa shape index (κ3) is 4.20. The zero-order valence-electron chi connectivity index (χ0n) is 18.0. The number of fused-ring (bicyclic) bond motifs is 1. The van der Waals surface area contributed by atoms with E-state index in [4.69, 9.17) is 0 Å². The van der Waals surface area contributed by atoms with E-state index in [-0.39, 0.29) is 17.7 Å². The molecule has 0 bridgehead atoms. The number of anilines is 1. The van der Waals surface area contributed by atoms with Gasteiger partial charge in [-0.3, -0.25) is 9.59 Å². The van der Waals surface area contributed by atoms with Crippen molar-refractivity contribution in [2.45, 2.75) is 25.7 Å². The Balaban J connectivity index is 1.22. The number of carbonyl (C=O) groups is 2. The van der Waals surface area contributed by atoms with Crippen molar-refractivity contribution in [2.75, 3.05) is 25.0 Å². The molecule has 1 atom stereocenters. The van der Waals surface area contributed by atoms with Gasteiger partial charge in [0.15, 0.2) is 0 Å². The van der Waals surface area contributed by atoms with Crippen LogP contribution in [0.25, 0.3) is 21.9 Å². The van der Waals surface area contributed by atoms with Crippen LogP contribution in [0.1, 0.15) is 25.7 Å². The van der Waals surface area contributed by atoms with E-state index >= 15 is 0 Å². The van der Waals surface area contributed by atoms with Gasteiger partial charge in [-0.2, -0.15) is 0 Å². The molecule has 0 N–H and O–H groups in total. The second-order valence-corrected chi connectivity index (χ2v) is 8.98. The smallest absolute Gasteiger partial charge is 0.227 e. The molecule has 1 saturated carbocycles. The molecule has 1 aliphatic heterocycles. The minimum absolute atomic E-state index is 0.115. The first kappa shape index (κ1) is 19.8. The van der Waals surface area contributed by atoms with Crippen molar-refractivity contribution in [3.8, 4) is 11.1 Å². The minimum Gasteiger partial charge on any atom is -0.342 e. The van der Waals surface area contributed by atoms with Gasteiger partial charge in [-0.05, 0) is 65.3 Å². The highest BCUT2D eigenvalue weighted by Gasteiger charge is 2.37. The number of carbonyl (C=O) groups excluding carboxylic acids is 2. The molecule has 1 heterocycles. The highest BCUT2D eigenvalue weighted by molar-refractivity contribution is 5.93. The van der Waals surface area contributed by atoms with Crippen LogP contribution in [0.4, 0.5) is 5.69 Å². The van der Waals surface area contributed by atoms with Crippen LogP contribution >= 0.6 is 0 Å². The van der Waals surface area contributed by atoms with Crippen molar-refractivity contribution in [2.24, 2.45) is 11.8 Å². The lowest BCUT2D eigenvalue weighted by Crippen LogP contribution is -2.32. The van der Waals surface area contributed by atoms with Gasteiger partial charge in [-0.1, -0.05) is 48.5 Å². The second-order valence-electron chi connectivity index (χ2n) is 8.98. The normalized spacial score (nSPS) is 18.4. The molecule has 3 aromatic rings. The lowest BCUT2D eigenvalue weighted by Gasteiger charge is -2.20. The van der Waals surface area contributed by atoms with Crippen LogP contribution in [0.5, 0.6) is 0 Å². The number of hydrogen-bond donors (Lipinski definition) is 0. The summed E-state index contributed by atoms with van der Waals surface area (Å²) >= 11 is 0.